The predicted molar refractivity (Wildman–Crippen MR) is 125 cm³/mol. The van der Waals surface area contributed by atoms with E-state index in [4.69, 9.17) is 27.9 Å². The fourth-order valence-electron chi connectivity index (χ4n) is 3.31. The second-order valence-electron chi connectivity index (χ2n) is 7.50. The van der Waals surface area contributed by atoms with Crippen molar-refractivity contribution < 1.29 is 14.3 Å². The Morgan fingerprint density at radius 1 is 1.12 bits per heavy atom. The van der Waals surface area contributed by atoms with E-state index in [0.717, 1.165) is 11.1 Å². The number of carbonyl (C=O) groups excluding carboxylic acids is 2. The lowest BCUT2D eigenvalue weighted by Gasteiger charge is -2.31. The maximum absolute atomic E-state index is 13.0. The van der Waals surface area contributed by atoms with E-state index in [1.807, 2.05) is 31.2 Å². The number of benzene rings is 2. The van der Waals surface area contributed by atoms with E-state index < -0.39 is 11.8 Å². The van der Waals surface area contributed by atoms with Crippen LogP contribution in [-0.4, -0.2) is 22.8 Å². The monoisotopic (exact) mass is 468 g/mol. The molecule has 2 aromatic carbocycles. The fourth-order valence-corrected chi connectivity index (χ4v) is 3.77. The van der Waals surface area contributed by atoms with Crippen molar-refractivity contribution in [1.29, 1.82) is 5.26 Å². The van der Waals surface area contributed by atoms with E-state index >= 15 is 0 Å². The van der Waals surface area contributed by atoms with Gasteiger partial charge in [0, 0.05) is 27.2 Å². The molecule has 1 aliphatic heterocycles. The molecule has 3 rings (SSSR count). The SMILES string of the molecule is CCC(C)N1C(=O)C(C#N)=C(C)/C(=C\c2ccc(OCc3ccc(Cl)cc3Cl)cc2)C1=O. The smallest absolute Gasteiger partial charge is 0.271 e. The van der Waals surface area contributed by atoms with E-state index in [9.17, 15) is 14.9 Å². The molecule has 1 unspecified atom stereocenters. The standard InChI is InChI=1S/C25H22Cl2N2O3/c1-4-15(2)29-24(30)21(16(3)22(13-28)25(29)31)11-17-5-9-20(10-6-17)32-14-18-7-8-19(26)12-23(18)27/h5-12,15H,4,14H2,1-3H3/b21-11+. The number of carbonyl (C=O) groups is 2. The van der Waals surface area contributed by atoms with Crippen molar-refractivity contribution in [2.75, 3.05) is 0 Å². The minimum atomic E-state index is -0.536. The molecule has 0 saturated heterocycles. The van der Waals surface area contributed by atoms with Crippen LogP contribution < -0.4 is 4.74 Å². The molecule has 164 valence electrons. The largest absolute Gasteiger partial charge is 0.489 e. The number of ether oxygens (including phenoxy) is 1. The van der Waals surface area contributed by atoms with Crippen LogP contribution in [0.3, 0.4) is 0 Å². The molecule has 32 heavy (non-hydrogen) atoms. The number of nitrogens with zero attached hydrogens (tertiary/aromatic N) is 2. The van der Waals surface area contributed by atoms with Gasteiger partial charge in [0.1, 0.15) is 24.0 Å². The van der Waals surface area contributed by atoms with Crippen LogP contribution in [0.1, 0.15) is 38.3 Å². The van der Waals surface area contributed by atoms with Gasteiger partial charge in [0.25, 0.3) is 11.8 Å². The number of amides is 2. The highest BCUT2D eigenvalue weighted by molar-refractivity contribution is 6.35. The van der Waals surface area contributed by atoms with E-state index in [-0.39, 0.29) is 18.2 Å². The first-order valence-corrected chi connectivity index (χ1v) is 10.9. The zero-order chi connectivity index (χ0) is 23.4. The molecular weight excluding hydrogens is 447 g/mol. The quantitative estimate of drug-likeness (QED) is 0.387. The lowest BCUT2D eigenvalue weighted by molar-refractivity contribution is -0.142. The van der Waals surface area contributed by atoms with E-state index in [2.05, 4.69) is 0 Å². The van der Waals surface area contributed by atoms with Gasteiger partial charge in [-0.2, -0.15) is 5.26 Å². The van der Waals surface area contributed by atoms with Crippen LogP contribution in [0.25, 0.3) is 6.08 Å². The molecule has 0 saturated carbocycles. The lowest BCUT2D eigenvalue weighted by Crippen LogP contribution is -2.47. The summed E-state index contributed by atoms with van der Waals surface area (Å²) in [5.41, 5.74) is 2.29. The van der Waals surface area contributed by atoms with Gasteiger partial charge in [0.15, 0.2) is 0 Å². The summed E-state index contributed by atoms with van der Waals surface area (Å²) in [7, 11) is 0. The van der Waals surface area contributed by atoms with Gasteiger partial charge in [-0.3, -0.25) is 14.5 Å². The molecule has 0 N–H and O–H groups in total. The van der Waals surface area contributed by atoms with Crippen LogP contribution in [0.4, 0.5) is 0 Å². The molecule has 2 amide bonds. The van der Waals surface area contributed by atoms with Gasteiger partial charge in [0.05, 0.1) is 0 Å². The second-order valence-corrected chi connectivity index (χ2v) is 8.34. The summed E-state index contributed by atoms with van der Waals surface area (Å²) in [6.45, 7) is 5.60. The number of rotatable bonds is 6. The van der Waals surface area contributed by atoms with Crippen molar-refractivity contribution in [2.24, 2.45) is 0 Å². The number of hydrogen-bond donors (Lipinski definition) is 0. The van der Waals surface area contributed by atoms with Crippen LogP contribution in [0.15, 0.2) is 59.2 Å². The highest BCUT2D eigenvalue weighted by Crippen LogP contribution is 2.29. The highest BCUT2D eigenvalue weighted by atomic mass is 35.5. The molecule has 0 aliphatic carbocycles. The number of halogens is 2. The summed E-state index contributed by atoms with van der Waals surface area (Å²) < 4.78 is 5.79. The molecule has 0 fully saturated rings. The summed E-state index contributed by atoms with van der Waals surface area (Å²) in [5.74, 6) is -0.292. The highest BCUT2D eigenvalue weighted by Gasteiger charge is 2.37. The Labute approximate surface area is 197 Å². The van der Waals surface area contributed by atoms with E-state index in [1.54, 1.807) is 44.2 Å². The molecule has 7 heteroatoms. The maximum Gasteiger partial charge on any atom is 0.271 e. The predicted octanol–water partition coefficient (Wildman–Crippen LogP) is 5.96. The topological polar surface area (TPSA) is 70.4 Å². The Balaban J connectivity index is 1.84. The molecule has 5 nitrogen and oxygen atoms in total. The van der Waals surface area contributed by atoms with Gasteiger partial charge in [-0.15, -0.1) is 0 Å². The van der Waals surface area contributed by atoms with E-state index in [1.165, 1.54) is 4.90 Å². The molecule has 1 aliphatic rings. The Kier molecular flexibility index (Phi) is 7.40. The number of hydrogen-bond acceptors (Lipinski definition) is 4. The summed E-state index contributed by atoms with van der Waals surface area (Å²) in [5, 5.41) is 10.6. The van der Waals surface area contributed by atoms with Crippen LogP contribution in [-0.2, 0) is 16.2 Å². The van der Waals surface area contributed by atoms with Crippen LogP contribution >= 0.6 is 23.2 Å². The van der Waals surface area contributed by atoms with E-state index in [0.29, 0.717) is 33.4 Å². The van der Waals surface area contributed by atoms with Crippen LogP contribution in [0.5, 0.6) is 5.75 Å². The second kappa shape index (κ2) is 10.0. The third-order valence-corrected chi connectivity index (χ3v) is 5.99. The first kappa shape index (κ1) is 23.6. The minimum Gasteiger partial charge on any atom is -0.489 e. The van der Waals surface area contributed by atoms with Crippen molar-refractivity contribution >= 4 is 41.1 Å². The van der Waals surface area contributed by atoms with Crippen molar-refractivity contribution in [3.63, 3.8) is 0 Å². The van der Waals surface area contributed by atoms with Crippen LogP contribution in [0, 0.1) is 11.3 Å². The fraction of sp³-hybridized carbons (Fsp3) is 0.240. The van der Waals surface area contributed by atoms with Crippen molar-refractivity contribution in [3.05, 3.63) is 80.4 Å². The number of imide groups is 1. The summed E-state index contributed by atoms with van der Waals surface area (Å²) >= 11 is 12.1. The summed E-state index contributed by atoms with van der Waals surface area (Å²) in [6, 6.07) is 14.1. The van der Waals surface area contributed by atoms with Gasteiger partial charge >= 0.3 is 0 Å². The molecule has 0 aromatic heterocycles. The third-order valence-electron chi connectivity index (χ3n) is 5.40. The Morgan fingerprint density at radius 2 is 1.81 bits per heavy atom. The van der Waals surface area contributed by atoms with Gasteiger partial charge < -0.3 is 4.74 Å². The Bertz CT molecular complexity index is 1160. The van der Waals surface area contributed by atoms with Crippen molar-refractivity contribution in [2.45, 2.75) is 39.8 Å². The first-order chi connectivity index (χ1) is 15.3. The van der Waals surface area contributed by atoms with Gasteiger partial charge in [-0.05, 0) is 61.7 Å². The summed E-state index contributed by atoms with van der Waals surface area (Å²) in [4.78, 5) is 26.8. The minimum absolute atomic E-state index is 0.00375. The van der Waals surface area contributed by atoms with Gasteiger partial charge in [0.2, 0.25) is 0 Å². The van der Waals surface area contributed by atoms with Crippen LogP contribution in [0.2, 0.25) is 10.0 Å². The van der Waals surface area contributed by atoms with Crippen molar-refractivity contribution in [1.82, 2.24) is 4.90 Å². The first-order valence-electron chi connectivity index (χ1n) is 10.1. The zero-order valence-corrected chi connectivity index (χ0v) is 19.5. The molecular formula is C25H22Cl2N2O3. The molecule has 2 aromatic rings. The third kappa shape index (κ3) is 4.88. The average Bonchev–Trinajstić information content (AvgIpc) is 2.77. The molecule has 1 atom stereocenters. The van der Waals surface area contributed by atoms with Gasteiger partial charge in [-0.1, -0.05) is 48.3 Å². The lowest BCUT2D eigenvalue weighted by atomic mass is 9.92. The molecule has 0 bridgehead atoms. The molecule has 1 heterocycles. The maximum atomic E-state index is 13.0. The molecule has 0 spiro atoms. The Hall–Kier alpha value is -3.07. The van der Waals surface area contributed by atoms with Crippen molar-refractivity contribution in [3.8, 4) is 11.8 Å². The normalized spacial score (nSPS) is 16.4. The summed E-state index contributed by atoms with van der Waals surface area (Å²) in [6.07, 6.45) is 2.29. The molecule has 0 radical (unpaired) electrons. The Morgan fingerprint density at radius 3 is 2.41 bits per heavy atom. The van der Waals surface area contributed by atoms with Gasteiger partial charge in [-0.25, -0.2) is 0 Å². The average molecular weight is 469 g/mol. The zero-order valence-electron chi connectivity index (χ0n) is 18.0. The number of nitriles is 1.